The number of rotatable bonds is 10. The number of nitrogens with zero attached hydrogens (tertiary/aromatic N) is 6. The van der Waals surface area contributed by atoms with Gasteiger partial charge >= 0.3 is 0 Å². The van der Waals surface area contributed by atoms with Crippen LogP contribution in [0.4, 0.5) is 0 Å². The molecule has 1 saturated heterocycles. The molecule has 1 N–H and O–H groups in total. The molecule has 0 aliphatic carbocycles. The van der Waals surface area contributed by atoms with Crippen molar-refractivity contribution in [3.05, 3.63) is 90.7 Å². The number of nitrogens with one attached hydrogen (secondary N) is 1. The Morgan fingerprint density at radius 1 is 1.12 bits per heavy atom. The van der Waals surface area contributed by atoms with Gasteiger partial charge in [-0.1, -0.05) is 44.2 Å². The van der Waals surface area contributed by atoms with Crippen LogP contribution in [0.2, 0.25) is 0 Å². The lowest BCUT2D eigenvalue weighted by atomic mass is 9.94. The predicted octanol–water partition coefficient (Wildman–Crippen LogP) is 4.52. The molecule has 11 heteroatoms. The molecule has 2 atom stereocenters. The lowest BCUT2D eigenvalue weighted by Crippen LogP contribution is -2.42. The van der Waals surface area contributed by atoms with E-state index in [1.54, 1.807) is 52.0 Å². The molecular weight excluding hydrogens is 562 g/mol. The first-order valence-corrected chi connectivity index (χ1v) is 15.8. The summed E-state index contributed by atoms with van der Waals surface area (Å²) in [5.41, 5.74) is 2.26. The summed E-state index contributed by atoms with van der Waals surface area (Å²) in [6.45, 7) is 6.19. The van der Waals surface area contributed by atoms with Gasteiger partial charge in [-0.05, 0) is 55.0 Å². The molecule has 0 saturated carbocycles. The second-order valence-corrected chi connectivity index (χ2v) is 13.0. The van der Waals surface area contributed by atoms with Crippen molar-refractivity contribution in [2.75, 3.05) is 19.6 Å². The maximum Gasteiger partial charge on any atom is 0.261 e. The number of carbonyl (C=O) groups excluding carboxylic acids is 1. The number of hydrogen-bond donors (Lipinski definition) is 1. The van der Waals surface area contributed by atoms with E-state index in [0.29, 0.717) is 49.4 Å². The lowest BCUT2D eigenvalue weighted by molar-refractivity contribution is -0.117. The third-order valence-electron chi connectivity index (χ3n) is 7.45. The molecule has 3 heterocycles. The lowest BCUT2D eigenvalue weighted by Gasteiger charge is -2.34. The van der Waals surface area contributed by atoms with Gasteiger partial charge in [0, 0.05) is 55.9 Å². The zero-order valence-corrected chi connectivity index (χ0v) is 25.1. The zero-order chi connectivity index (χ0) is 30.4. The van der Waals surface area contributed by atoms with E-state index in [1.807, 2.05) is 47.2 Å². The maximum atomic E-state index is 13.7. The average molecular weight is 598 g/mol. The monoisotopic (exact) mass is 597 g/mol. The van der Waals surface area contributed by atoms with Gasteiger partial charge in [0.25, 0.3) is 5.91 Å². The van der Waals surface area contributed by atoms with Crippen LogP contribution in [0.25, 0.3) is 23.0 Å². The van der Waals surface area contributed by atoms with Gasteiger partial charge in [-0.25, -0.2) is 18.1 Å². The van der Waals surface area contributed by atoms with Crippen LogP contribution in [-0.2, 0) is 21.4 Å². The van der Waals surface area contributed by atoms with Crippen LogP contribution in [0.1, 0.15) is 32.3 Å². The molecular formula is C32H35N7O3S. The summed E-state index contributed by atoms with van der Waals surface area (Å²) in [5.74, 6) is 0.0687. The summed E-state index contributed by atoms with van der Waals surface area (Å²) in [6.07, 6.45) is 10.2. The summed E-state index contributed by atoms with van der Waals surface area (Å²) in [6, 6.07) is 18.2. The fraction of sp³-hybridized carbons (Fsp3) is 0.312. The number of sulfonamides is 1. The van der Waals surface area contributed by atoms with Crippen molar-refractivity contribution >= 4 is 22.0 Å². The van der Waals surface area contributed by atoms with Crippen molar-refractivity contribution in [3.8, 4) is 23.0 Å². The molecule has 0 spiro atoms. The molecule has 2 unspecified atom stereocenters. The van der Waals surface area contributed by atoms with Crippen molar-refractivity contribution in [3.63, 3.8) is 0 Å². The number of nitriles is 1. The highest BCUT2D eigenvalue weighted by atomic mass is 32.2. The molecule has 1 aliphatic rings. The largest absolute Gasteiger partial charge is 0.351 e. The number of imidazole rings is 1. The molecule has 222 valence electrons. The van der Waals surface area contributed by atoms with Crippen LogP contribution in [0, 0.1) is 23.2 Å². The molecule has 10 nitrogen and oxygen atoms in total. The fourth-order valence-electron chi connectivity index (χ4n) is 5.47. The minimum absolute atomic E-state index is 0.0726. The minimum atomic E-state index is -3.73. The number of amides is 1. The van der Waals surface area contributed by atoms with Crippen LogP contribution < -0.4 is 5.32 Å². The first-order valence-electron chi connectivity index (χ1n) is 14.4. The molecule has 1 aliphatic heterocycles. The van der Waals surface area contributed by atoms with Crippen LogP contribution >= 0.6 is 0 Å². The highest BCUT2D eigenvalue weighted by Gasteiger charge is 2.32. The highest BCUT2D eigenvalue weighted by Crippen LogP contribution is 2.31. The Kier molecular flexibility index (Phi) is 9.19. The Bertz CT molecular complexity index is 1730. The third kappa shape index (κ3) is 7.10. The number of carbonyl (C=O) groups is 1. The van der Waals surface area contributed by atoms with Crippen LogP contribution in [0.3, 0.4) is 0 Å². The number of aromatic nitrogens is 4. The number of aryl methyl sites for hydroxylation is 1. The van der Waals surface area contributed by atoms with E-state index in [9.17, 15) is 18.5 Å². The molecule has 1 amide bonds. The molecule has 5 rings (SSSR count). The second kappa shape index (κ2) is 13.2. The molecule has 0 bridgehead atoms. The Morgan fingerprint density at radius 3 is 2.58 bits per heavy atom. The number of para-hydroxylation sites is 1. The number of piperidine rings is 1. The SMILES string of the molecule is CC1CC(C)CN(S(=O)(=O)c2cccc(-c3nn(-c4ccccc4)cc3/C=C(\C#N)C(=O)NCCCn3ccnc3)c2)C1. The van der Waals surface area contributed by atoms with E-state index < -0.39 is 15.9 Å². The van der Waals surface area contributed by atoms with Crippen molar-refractivity contribution in [1.29, 1.82) is 5.26 Å². The maximum absolute atomic E-state index is 13.7. The molecule has 2 aromatic heterocycles. The Morgan fingerprint density at radius 2 is 1.88 bits per heavy atom. The summed E-state index contributed by atoms with van der Waals surface area (Å²) in [4.78, 5) is 17.1. The predicted molar refractivity (Wildman–Crippen MR) is 164 cm³/mol. The van der Waals surface area contributed by atoms with Gasteiger partial charge in [0.15, 0.2) is 0 Å². The smallest absolute Gasteiger partial charge is 0.261 e. The van der Waals surface area contributed by atoms with E-state index in [4.69, 9.17) is 5.10 Å². The van der Waals surface area contributed by atoms with E-state index in [0.717, 1.165) is 12.1 Å². The Balaban J connectivity index is 1.46. The van der Waals surface area contributed by atoms with Gasteiger partial charge in [-0.3, -0.25) is 4.79 Å². The van der Waals surface area contributed by atoms with Gasteiger partial charge in [-0.2, -0.15) is 14.7 Å². The van der Waals surface area contributed by atoms with Gasteiger partial charge in [0.1, 0.15) is 17.3 Å². The van der Waals surface area contributed by atoms with E-state index in [1.165, 1.54) is 6.08 Å². The third-order valence-corrected chi connectivity index (χ3v) is 9.27. The summed E-state index contributed by atoms with van der Waals surface area (Å²) < 4.78 is 32.5. The van der Waals surface area contributed by atoms with Crippen molar-refractivity contribution < 1.29 is 13.2 Å². The zero-order valence-electron chi connectivity index (χ0n) is 24.3. The topological polar surface area (TPSA) is 126 Å². The fourth-order valence-corrected chi connectivity index (χ4v) is 7.19. The van der Waals surface area contributed by atoms with Crippen molar-refractivity contribution in [1.82, 2.24) is 29.0 Å². The van der Waals surface area contributed by atoms with Gasteiger partial charge < -0.3 is 9.88 Å². The van der Waals surface area contributed by atoms with Gasteiger partial charge in [-0.15, -0.1) is 0 Å². The summed E-state index contributed by atoms with van der Waals surface area (Å²) >= 11 is 0. The molecule has 2 aromatic carbocycles. The minimum Gasteiger partial charge on any atom is -0.351 e. The first kappa shape index (κ1) is 29.9. The highest BCUT2D eigenvalue weighted by molar-refractivity contribution is 7.89. The Hall–Kier alpha value is -4.53. The van der Waals surface area contributed by atoms with Gasteiger partial charge in [0.2, 0.25) is 10.0 Å². The number of hydrogen-bond acceptors (Lipinski definition) is 6. The standard InChI is InChI=1S/C32H35N7O3S/c1-24-16-25(2)21-38(20-24)43(41,42)30-11-6-8-26(18-30)31-28(22-39(36-31)29-9-4-3-5-10-29)17-27(19-33)32(40)35-12-7-14-37-15-13-34-23-37/h3-6,8-11,13,15,17-18,22-25H,7,12,14,16,20-21H2,1-2H3,(H,35,40)/b27-17+. The molecule has 43 heavy (non-hydrogen) atoms. The Labute approximate surface area is 252 Å². The van der Waals surface area contributed by atoms with Crippen LogP contribution in [-0.4, -0.2) is 57.6 Å². The van der Waals surface area contributed by atoms with E-state index in [2.05, 4.69) is 24.1 Å². The van der Waals surface area contributed by atoms with Crippen molar-refractivity contribution in [2.45, 2.75) is 38.1 Å². The van der Waals surface area contributed by atoms with E-state index in [-0.39, 0.29) is 22.3 Å². The first-order chi connectivity index (χ1) is 20.7. The number of benzene rings is 2. The normalized spacial score (nSPS) is 17.8. The summed E-state index contributed by atoms with van der Waals surface area (Å²) in [5, 5.41) is 17.5. The molecule has 1 fully saturated rings. The van der Waals surface area contributed by atoms with E-state index >= 15 is 0 Å². The molecule has 4 aromatic rings. The molecule has 0 radical (unpaired) electrons. The quantitative estimate of drug-likeness (QED) is 0.163. The summed E-state index contributed by atoms with van der Waals surface area (Å²) in [7, 11) is -3.73. The second-order valence-electron chi connectivity index (χ2n) is 11.1. The van der Waals surface area contributed by atoms with Crippen LogP contribution in [0.15, 0.2) is 90.0 Å². The van der Waals surface area contributed by atoms with Crippen LogP contribution in [0.5, 0.6) is 0 Å². The average Bonchev–Trinajstić information content (AvgIpc) is 3.68. The van der Waals surface area contributed by atoms with Gasteiger partial charge in [0.05, 0.1) is 16.9 Å². The van der Waals surface area contributed by atoms with Crippen molar-refractivity contribution in [2.24, 2.45) is 11.8 Å².